The quantitative estimate of drug-likeness (QED) is 0.546. The Kier molecular flexibility index (Phi) is 5.50. The molecule has 4 heteroatoms. The zero-order chi connectivity index (χ0) is 15.2. The molecule has 0 bridgehead atoms. The van der Waals surface area contributed by atoms with Crippen LogP contribution in [0.5, 0.6) is 5.75 Å². The first-order valence-corrected chi connectivity index (χ1v) is 7.73. The fourth-order valence-electron chi connectivity index (χ4n) is 1.81. The van der Waals surface area contributed by atoms with Gasteiger partial charge >= 0.3 is 0 Å². The monoisotopic (exact) mass is 394 g/mol. The molecule has 0 aromatic heterocycles. The van der Waals surface area contributed by atoms with Crippen LogP contribution >= 0.6 is 22.6 Å². The Bertz CT molecular complexity index is 630. The second-order valence-electron chi connectivity index (χ2n) is 4.52. The molecule has 0 fully saturated rings. The Balaban J connectivity index is 1.95. The van der Waals surface area contributed by atoms with Gasteiger partial charge in [-0.1, -0.05) is 19.1 Å². The lowest BCUT2D eigenvalue weighted by molar-refractivity contribution is 0.0920. The summed E-state index contributed by atoms with van der Waals surface area (Å²) in [5, 5.41) is 0. The van der Waals surface area contributed by atoms with E-state index in [1.807, 2.05) is 19.1 Å². The molecule has 0 heterocycles. The van der Waals surface area contributed by atoms with Crippen LogP contribution in [0.4, 0.5) is 0 Å². The van der Waals surface area contributed by atoms with Crippen molar-refractivity contribution in [3.8, 4) is 5.75 Å². The third-order valence-corrected chi connectivity index (χ3v) is 3.75. The minimum absolute atomic E-state index is 0.0122. The number of carbonyl (C=O) groups is 2. The number of hydrogen-bond acceptors (Lipinski definition) is 3. The van der Waals surface area contributed by atoms with E-state index >= 15 is 0 Å². The number of halogens is 1. The van der Waals surface area contributed by atoms with Gasteiger partial charge in [0.25, 0.3) is 0 Å². The SMILES string of the molecule is CCC(=O)c1ccc(OCC(=O)c2ccc(I)cc2)cc1. The zero-order valence-electron chi connectivity index (χ0n) is 11.6. The third kappa shape index (κ3) is 4.39. The Labute approximate surface area is 137 Å². The number of Topliss-reactive ketones (excluding diaryl/α,β-unsaturated/α-hetero) is 2. The molecule has 0 radical (unpaired) electrons. The van der Waals surface area contributed by atoms with Gasteiger partial charge in [0.2, 0.25) is 0 Å². The molecule has 2 aromatic carbocycles. The number of ether oxygens (including phenoxy) is 1. The maximum absolute atomic E-state index is 12.0. The summed E-state index contributed by atoms with van der Waals surface area (Å²) in [6, 6.07) is 14.2. The van der Waals surface area contributed by atoms with Crippen molar-refractivity contribution in [2.75, 3.05) is 6.61 Å². The van der Waals surface area contributed by atoms with E-state index in [4.69, 9.17) is 4.74 Å². The molecule has 21 heavy (non-hydrogen) atoms. The van der Waals surface area contributed by atoms with Gasteiger partial charge in [-0.05, 0) is 59.0 Å². The maximum atomic E-state index is 12.0. The van der Waals surface area contributed by atoms with E-state index in [1.54, 1.807) is 36.4 Å². The highest BCUT2D eigenvalue weighted by Crippen LogP contribution is 2.14. The molecule has 0 atom stereocenters. The summed E-state index contributed by atoms with van der Waals surface area (Å²) in [7, 11) is 0. The summed E-state index contributed by atoms with van der Waals surface area (Å²) in [4.78, 5) is 23.5. The van der Waals surface area contributed by atoms with Gasteiger partial charge in [0.05, 0.1) is 0 Å². The van der Waals surface area contributed by atoms with E-state index < -0.39 is 0 Å². The van der Waals surface area contributed by atoms with Gasteiger partial charge in [0.15, 0.2) is 18.2 Å². The highest BCUT2D eigenvalue weighted by atomic mass is 127. The average Bonchev–Trinajstić information content (AvgIpc) is 2.53. The largest absolute Gasteiger partial charge is 0.485 e. The second-order valence-corrected chi connectivity index (χ2v) is 5.77. The fraction of sp³-hybridized carbons (Fsp3) is 0.176. The molecule has 0 N–H and O–H groups in total. The smallest absolute Gasteiger partial charge is 0.200 e. The maximum Gasteiger partial charge on any atom is 0.200 e. The van der Waals surface area contributed by atoms with Crippen molar-refractivity contribution in [2.45, 2.75) is 13.3 Å². The summed E-state index contributed by atoms with van der Waals surface area (Å²) >= 11 is 2.19. The molecule has 2 aromatic rings. The summed E-state index contributed by atoms with van der Waals surface area (Å²) in [6.45, 7) is 1.81. The lowest BCUT2D eigenvalue weighted by Gasteiger charge is -2.06. The van der Waals surface area contributed by atoms with Crippen LogP contribution in [0.2, 0.25) is 0 Å². The summed E-state index contributed by atoms with van der Waals surface area (Å²) in [5.41, 5.74) is 1.29. The molecule has 108 valence electrons. The average molecular weight is 394 g/mol. The Morgan fingerprint density at radius 2 is 1.43 bits per heavy atom. The number of carbonyl (C=O) groups excluding carboxylic acids is 2. The summed E-state index contributed by atoms with van der Waals surface area (Å²) < 4.78 is 6.54. The van der Waals surface area contributed by atoms with Gasteiger partial charge in [-0.15, -0.1) is 0 Å². The third-order valence-electron chi connectivity index (χ3n) is 3.03. The lowest BCUT2D eigenvalue weighted by atomic mass is 10.1. The molecule has 0 amide bonds. The number of hydrogen-bond donors (Lipinski definition) is 0. The topological polar surface area (TPSA) is 43.4 Å². The minimum atomic E-state index is -0.0693. The van der Waals surface area contributed by atoms with Gasteiger partial charge in [-0.2, -0.15) is 0 Å². The summed E-state index contributed by atoms with van der Waals surface area (Å²) in [5.74, 6) is 0.609. The predicted molar refractivity (Wildman–Crippen MR) is 90.0 cm³/mol. The normalized spacial score (nSPS) is 10.2. The van der Waals surface area contributed by atoms with Crippen molar-refractivity contribution < 1.29 is 14.3 Å². The predicted octanol–water partition coefficient (Wildman–Crippen LogP) is 4.15. The van der Waals surface area contributed by atoms with Crippen LogP contribution in [0.3, 0.4) is 0 Å². The standard InChI is InChI=1S/C17H15IO3/c1-2-16(19)12-5-9-15(10-6-12)21-11-17(20)13-3-7-14(18)8-4-13/h3-10H,2,11H2,1H3. The Morgan fingerprint density at radius 1 is 0.905 bits per heavy atom. The molecule has 0 spiro atoms. The molecular weight excluding hydrogens is 379 g/mol. The van der Waals surface area contributed by atoms with Crippen LogP contribution in [-0.4, -0.2) is 18.2 Å². The van der Waals surface area contributed by atoms with Crippen molar-refractivity contribution in [3.63, 3.8) is 0 Å². The van der Waals surface area contributed by atoms with E-state index in [2.05, 4.69) is 22.6 Å². The first-order chi connectivity index (χ1) is 10.1. The van der Waals surface area contributed by atoms with Crippen LogP contribution in [0, 0.1) is 3.57 Å². The van der Waals surface area contributed by atoms with Crippen molar-refractivity contribution >= 4 is 34.2 Å². The first kappa shape index (κ1) is 15.7. The van der Waals surface area contributed by atoms with Gasteiger partial charge in [-0.3, -0.25) is 9.59 Å². The van der Waals surface area contributed by atoms with E-state index in [-0.39, 0.29) is 18.2 Å². The van der Waals surface area contributed by atoms with Crippen LogP contribution in [-0.2, 0) is 0 Å². The molecule has 0 aliphatic rings. The number of rotatable bonds is 6. The molecule has 0 unspecified atom stereocenters. The zero-order valence-corrected chi connectivity index (χ0v) is 13.8. The van der Waals surface area contributed by atoms with Crippen molar-refractivity contribution in [2.24, 2.45) is 0 Å². The van der Waals surface area contributed by atoms with Crippen LogP contribution in [0.1, 0.15) is 34.1 Å². The van der Waals surface area contributed by atoms with Gasteiger partial charge < -0.3 is 4.74 Å². The van der Waals surface area contributed by atoms with Crippen LogP contribution < -0.4 is 4.74 Å². The lowest BCUT2D eigenvalue weighted by Crippen LogP contribution is -2.11. The number of ketones is 2. The molecule has 0 saturated carbocycles. The van der Waals surface area contributed by atoms with E-state index in [9.17, 15) is 9.59 Å². The number of benzene rings is 2. The molecule has 0 aliphatic heterocycles. The molecule has 0 saturated heterocycles. The fourth-order valence-corrected chi connectivity index (χ4v) is 2.17. The Morgan fingerprint density at radius 3 is 2.00 bits per heavy atom. The molecule has 0 aliphatic carbocycles. The van der Waals surface area contributed by atoms with Crippen molar-refractivity contribution in [3.05, 3.63) is 63.2 Å². The van der Waals surface area contributed by atoms with Crippen molar-refractivity contribution in [1.29, 1.82) is 0 Å². The van der Waals surface area contributed by atoms with E-state index in [1.165, 1.54) is 0 Å². The first-order valence-electron chi connectivity index (χ1n) is 6.65. The second kappa shape index (κ2) is 7.36. The van der Waals surface area contributed by atoms with Gasteiger partial charge in [0, 0.05) is 21.1 Å². The molecule has 3 nitrogen and oxygen atoms in total. The van der Waals surface area contributed by atoms with Gasteiger partial charge in [0.1, 0.15) is 5.75 Å². The molecular formula is C17H15IO3. The highest BCUT2D eigenvalue weighted by molar-refractivity contribution is 14.1. The van der Waals surface area contributed by atoms with Crippen molar-refractivity contribution in [1.82, 2.24) is 0 Å². The van der Waals surface area contributed by atoms with E-state index in [0.717, 1.165) is 3.57 Å². The van der Waals surface area contributed by atoms with E-state index in [0.29, 0.717) is 23.3 Å². The van der Waals surface area contributed by atoms with Crippen LogP contribution in [0.15, 0.2) is 48.5 Å². The summed E-state index contributed by atoms with van der Waals surface area (Å²) in [6.07, 6.45) is 0.478. The highest BCUT2D eigenvalue weighted by Gasteiger charge is 2.07. The Hall–Kier alpha value is -1.69. The molecule has 2 rings (SSSR count). The van der Waals surface area contributed by atoms with Crippen LogP contribution in [0.25, 0.3) is 0 Å². The minimum Gasteiger partial charge on any atom is -0.485 e. The van der Waals surface area contributed by atoms with Gasteiger partial charge in [-0.25, -0.2) is 0 Å².